The molecule has 6 nitrogen and oxygen atoms in total. The van der Waals surface area contributed by atoms with Crippen molar-refractivity contribution in [3.8, 4) is 6.07 Å². The molecule has 2 aromatic carbocycles. The van der Waals surface area contributed by atoms with Gasteiger partial charge in [0.1, 0.15) is 0 Å². The number of urea groups is 1. The molecule has 186 valence electrons. The summed E-state index contributed by atoms with van der Waals surface area (Å²) < 4.78 is 45.8. The fourth-order valence-corrected chi connectivity index (χ4v) is 5.38. The third-order valence-corrected chi connectivity index (χ3v) is 7.29. The van der Waals surface area contributed by atoms with Crippen molar-refractivity contribution < 1.29 is 22.7 Å². The highest BCUT2D eigenvalue weighted by Gasteiger charge is 2.49. The molecule has 0 aliphatic carbocycles. The fraction of sp³-hybridized carbons (Fsp3) is 0.462. The first-order chi connectivity index (χ1) is 16.6. The first-order valence-electron chi connectivity index (χ1n) is 11.6. The number of halogens is 3. The zero-order valence-corrected chi connectivity index (χ0v) is 19.9. The van der Waals surface area contributed by atoms with E-state index in [1.165, 1.54) is 6.07 Å². The lowest BCUT2D eigenvalue weighted by Crippen LogP contribution is -2.45. The highest BCUT2D eigenvalue weighted by molar-refractivity contribution is 5.89. The lowest BCUT2D eigenvalue weighted by molar-refractivity contribution is -0.137. The molecule has 2 heterocycles. The Morgan fingerprint density at radius 2 is 1.97 bits per heavy atom. The van der Waals surface area contributed by atoms with Crippen LogP contribution in [0.4, 0.5) is 29.3 Å². The van der Waals surface area contributed by atoms with E-state index in [9.17, 15) is 18.0 Å². The van der Waals surface area contributed by atoms with Gasteiger partial charge in [-0.2, -0.15) is 18.4 Å². The third kappa shape index (κ3) is 5.22. The number of ether oxygens (including phenoxy) is 1. The van der Waals surface area contributed by atoms with E-state index in [4.69, 9.17) is 10.00 Å². The number of likely N-dealkylation sites (tertiary alicyclic amines) is 1. The minimum Gasteiger partial charge on any atom is -0.384 e. The predicted molar refractivity (Wildman–Crippen MR) is 127 cm³/mol. The normalized spacial score (nSPS) is 19.6. The highest BCUT2D eigenvalue weighted by atomic mass is 19.4. The van der Waals surface area contributed by atoms with Crippen LogP contribution >= 0.6 is 0 Å². The lowest BCUT2D eigenvalue weighted by atomic mass is 9.71. The second-order valence-electron chi connectivity index (χ2n) is 9.52. The molecule has 4 rings (SSSR count). The van der Waals surface area contributed by atoms with Gasteiger partial charge in [0, 0.05) is 50.6 Å². The summed E-state index contributed by atoms with van der Waals surface area (Å²) >= 11 is 0. The van der Waals surface area contributed by atoms with Gasteiger partial charge in [-0.25, -0.2) is 4.79 Å². The summed E-state index contributed by atoms with van der Waals surface area (Å²) in [7, 11) is 1.65. The molecule has 2 fully saturated rings. The van der Waals surface area contributed by atoms with Crippen molar-refractivity contribution in [3.05, 3.63) is 59.2 Å². The van der Waals surface area contributed by atoms with Crippen LogP contribution in [-0.4, -0.2) is 50.8 Å². The molecule has 1 atom stereocenters. The fourth-order valence-electron chi connectivity index (χ4n) is 5.38. The number of nitrogens with zero attached hydrogens (tertiary/aromatic N) is 3. The van der Waals surface area contributed by atoms with Crippen molar-refractivity contribution in [2.75, 3.05) is 50.1 Å². The van der Waals surface area contributed by atoms with Crippen LogP contribution in [0.2, 0.25) is 0 Å². The second-order valence-corrected chi connectivity index (χ2v) is 9.52. The minimum absolute atomic E-state index is 0.143. The number of hydrogen-bond donors (Lipinski definition) is 1. The Bertz CT molecular complexity index is 1120. The van der Waals surface area contributed by atoms with Crippen LogP contribution in [0.15, 0.2) is 42.5 Å². The summed E-state index contributed by atoms with van der Waals surface area (Å²) in [5.74, 6) is 0.143. The maximum absolute atomic E-state index is 13.4. The van der Waals surface area contributed by atoms with Crippen molar-refractivity contribution in [1.29, 1.82) is 5.26 Å². The Labute approximate surface area is 203 Å². The molecular formula is C26H29F3N4O2. The molecule has 35 heavy (non-hydrogen) atoms. The smallest absolute Gasteiger partial charge is 0.384 e. The van der Waals surface area contributed by atoms with E-state index in [0.29, 0.717) is 38.5 Å². The number of nitrogens with one attached hydrogen (secondary N) is 1. The number of carbonyl (C=O) groups excluding carboxylic acids is 1. The summed E-state index contributed by atoms with van der Waals surface area (Å²) in [6, 6.07) is 13.0. The Morgan fingerprint density at radius 1 is 1.23 bits per heavy atom. The number of methoxy groups -OCH3 is 1. The van der Waals surface area contributed by atoms with E-state index in [0.717, 1.165) is 30.2 Å². The van der Waals surface area contributed by atoms with Crippen LogP contribution in [-0.2, 0) is 10.9 Å². The number of benzene rings is 2. The molecule has 2 aliphatic rings. The van der Waals surface area contributed by atoms with Gasteiger partial charge in [-0.1, -0.05) is 12.1 Å². The van der Waals surface area contributed by atoms with E-state index in [1.54, 1.807) is 19.2 Å². The predicted octanol–water partition coefficient (Wildman–Crippen LogP) is 5.28. The van der Waals surface area contributed by atoms with Crippen molar-refractivity contribution in [3.63, 3.8) is 0 Å². The van der Waals surface area contributed by atoms with E-state index in [-0.39, 0.29) is 22.9 Å². The summed E-state index contributed by atoms with van der Waals surface area (Å²) in [6.45, 7) is 4.76. The molecule has 1 unspecified atom stereocenters. The van der Waals surface area contributed by atoms with Gasteiger partial charge < -0.3 is 19.9 Å². The molecular weight excluding hydrogens is 457 g/mol. The summed E-state index contributed by atoms with van der Waals surface area (Å²) in [5.41, 5.74) is 0.824. The maximum atomic E-state index is 13.4. The third-order valence-electron chi connectivity index (χ3n) is 7.29. The van der Waals surface area contributed by atoms with Crippen molar-refractivity contribution in [2.45, 2.75) is 25.9 Å². The van der Waals surface area contributed by atoms with Gasteiger partial charge in [-0.15, -0.1) is 0 Å². The van der Waals surface area contributed by atoms with E-state index < -0.39 is 11.7 Å². The van der Waals surface area contributed by atoms with Crippen LogP contribution < -0.4 is 10.2 Å². The van der Waals surface area contributed by atoms with Crippen molar-refractivity contribution in [1.82, 2.24) is 4.90 Å². The Kier molecular flexibility index (Phi) is 6.95. The number of anilines is 2. The molecule has 0 radical (unpaired) electrons. The number of alkyl halides is 3. The lowest BCUT2D eigenvalue weighted by Gasteiger charge is -2.43. The number of piperidine rings is 1. The number of rotatable bonds is 4. The van der Waals surface area contributed by atoms with E-state index in [2.05, 4.69) is 5.32 Å². The number of hydrogen-bond acceptors (Lipinski definition) is 4. The van der Waals surface area contributed by atoms with Crippen LogP contribution in [0.1, 0.15) is 29.5 Å². The van der Waals surface area contributed by atoms with Crippen LogP contribution in [0.5, 0.6) is 0 Å². The van der Waals surface area contributed by atoms with Crippen molar-refractivity contribution in [2.24, 2.45) is 11.3 Å². The highest BCUT2D eigenvalue weighted by Crippen LogP contribution is 2.46. The molecule has 2 saturated heterocycles. The molecule has 0 aromatic heterocycles. The molecule has 1 N–H and O–H groups in total. The molecule has 2 aliphatic heterocycles. The first-order valence-corrected chi connectivity index (χ1v) is 11.6. The van der Waals surface area contributed by atoms with Crippen LogP contribution in [0, 0.1) is 29.6 Å². The van der Waals surface area contributed by atoms with Gasteiger partial charge in [0.2, 0.25) is 0 Å². The molecule has 0 saturated carbocycles. The van der Waals surface area contributed by atoms with Gasteiger partial charge >= 0.3 is 12.2 Å². The van der Waals surface area contributed by atoms with Crippen LogP contribution in [0.25, 0.3) is 0 Å². The van der Waals surface area contributed by atoms with Gasteiger partial charge in [0.25, 0.3) is 0 Å². The quantitative estimate of drug-likeness (QED) is 0.638. The second kappa shape index (κ2) is 9.78. The topological polar surface area (TPSA) is 68.6 Å². The number of aryl methyl sites for hydroxylation is 1. The van der Waals surface area contributed by atoms with Gasteiger partial charge in [0.05, 0.1) is 23.8 Å². The Balaban J connectivity index is 1.47. The molecule has 2 aromatic rings. The Morgan fingerprint density at radius 3 is 2.60 bits per heavy atom. The number of nitriles is 1. The molecule has 2 amide bonds. The minimum atomic E-state index is -4.59. The molecule has 9 heteroatoms. The SMILES string of the molecule is COCC1CN(C(=O)Nc2cccc(C)c2)CC12CCN(c1ccc(C#N)c(C(F)(F)F)c1)CC2. The molecule has 0 bridgehead atoms. The zero-order chi connectivity index (χ0) is 25.2. The molecule has 1 spiro atoms. The van der Waals surface area contributed by atoms with E-state index in [1.807, 2.05) is 41.0 Å². The first kappa shape index (κ1) is 24.9. The number of carbonyl (C=O) groups is 1. The Hall–Kier alpha value is -3.25. The van der Waals surface area contributed by atoms with Crippen molar-refractivity contribution >= 4 is 17.4 Å². The van der Waals surface area contributed by atoms with Crippen LogP contribution in [0.3, 0.4) is 0 Å². The summed E-state index contributed by atoms with van der Waals surface area (Å²) in [4.78, 5) is 16.8. The monoisotopic (exact) mass is 486 g/mol. The summed E-state index contributed by atoms with van der Waals surface area (Å²) in [6.07, 6.45) is -3.12. The average molecular weight is 487 g/mol. The number of amides is 2. The summed E-state index contributed by atoms with van der Waals surface area (Å²) in [5, 5.41) is 12.0. The average Bonchev–Trinajstić information content (AvgIpc) is 3.16. The van der Waals surface area contributed by atoms with E-state index >= 15 is 0 Å². The van der Waals surface area contributed by atoms with Gasteiger partial charge in [0.15, 0.2) is 0 Å². The maximum Gasteiger partial charge on any atom is 0.417 e. The largest absolute Gasteiger partial charge is 0.417 e. The van der Waals surface area contributed by atoms with Gasteiger partial charge in [-0.05, 0) is 61.1 Å². The zero-order valence-electron chi connectivity index (χ0n) is 19.9. The standard InChI is InChI=1S/C26H29F3N4O2/c1-18-4-3-5-21(12-18)31-24(34)33-15-20(16-35-2)25(17-33)8-10-32(11-9-25)22-7-6-19(14-30)23(13-22)26(27,28)29/h3-7,12-13,20H,8-11,15-17H2,1-2H3,(H,31,34). The van der Waals surface area contributed by atoms with Gasteiger partial charge in [-0.3, -0.25) is 0 Å².